The summed E-state index contributed by atoms with van der Waals surface area (Å²) in [6.45, 7) is 11.8. The van der Waals surface area contributed by atoms with Crippen molar-refractivity contribution in [1.82, 2.24) is 10.2 Å². The van der Waals surface area contributed by atoms with Crippen molar-refractivity contribution in [1.29, 1.82) is 0 Å². The summed E-state index contributed by atoms with van der Waals surface area (Å²) in [5.74, 6) is 1.06. The van der Waals surface area contributed by atoms with Crippen molar-refractivity contribution in [3.8, 4) is 11.6 Å². The van der Waals surface area contributed by atoms with Gasteiger partial charge in [-0.2, -0.15) is 5.10 Å². The van der Waals surface area contributed by atoms with Crippen LogP contribution >= 0.6 is 0 Å². The Labute approximate surface area is 97.0 Å². The Morgan fingerprint density at radius 1 is 0.938 bits per heavy atom. The predicted octanol–water partition coefficient (Wildman–Crippen LogP) is 2.83. The summed E-state index contributed by atoms with van der Waals surface area (Å²) in [5, 5.41) is 7.76. The lowest BCUT2D eigenvalue weighted by molar-refractivity contribution is 0.0892. The quantitative estimate of drug-likeness (QED) is 0.774. The van der Waals surface area contributed by atoms with Gasteiger partial charge in [-0.25, -0.2) is 0 Å². The molecule has 0 aromatic carbocycles. The second kappa shape index (κ2) is 4.28. The molecule has 0 atom stereocenters. The maximum absolute atomic E-state index is 5.75. The number of aromatic nitrogens is 2. The van der Waals surface area contributed by atoms with Gasteiger partial charge in [-0.15, -0.1) is 5.10 Å². The largest absolute Gasteiger partial charge is 0.482 e. The van der Waals surface area contributed by atoms with Crippen LogP contribution in [0.25, 0.3) is 0 Å². The fraction of sp³-hybridized carbons (Fsp3) is 0.667. The van der Waals surface area contributed by atoms with E-state index >= 15 is 0 Å². The highest BCUT2D eigenvalue weighted by Gasteiger charge is 2.20. The van der Waals surface area contributed by atoms with E-state index in [-0.39, 0.29) is 11.2 Å². The number of hydrogen-bond acceptors (Lipinski definition) is 4. The van der Waals surface area contributed by atoms with Crippen molar-refractivity contribution >= 4 is 0 Å². The number of hydrogen-bond donors (Lipinski definition) is 0. The van der Waals surface area contributed by atoms with Gasteiger partial charge in [0.25, 0.3) is 5.88 Å². The predicted molar refractivity (Wildman–Crippen MR) is 62.8 cm³/mol. The molecule has 0 saturated heterocycles. The van der Waals surface area contributed by atoms with Gasteiger partial charge >= 0.3 is 0 Å². The van der Waals surface area contributed by atoms with Gasteiger partial charge in [0.1, 0.15) is 11.2 Å². The highest BCUT2D eigenvalue weighted by atomic mass is 16.5. The SMILES string of the molecule is CC(C)(C)Oc1ccnnc1OC(C)(C)C. The summed E-state index contributed by atoms with van der Waals surface area (Å²) in [5.41, 5.74) is -0.592. The molecule has 0 aliphatic rings. The minimum Gasteiger partial charge on any atom is -0.482 e. The molecule has 0 radical (unpaired) electrons. The van der Waals surface area contributed by atoms with Gasteiger partial charge in [0.05, 0.1) is 6.20 Å². The average molecular weight is 224 g/mol. The fourth-order valence-electron chi connectivity index (χ4n) is 1.08. The van der Waals surface area contributed by atoms with Crippen LogP contribution in [0.4, 0.5) is 0 Å². The zero-order valence-electron chi connectivity index (χ0n) is 10.9. The van der Waals surface area contributed by atoms with Crippen LogP contribution < -0.4 is 9.47 Å². The van der Waals surface area contributed by atoms with E-state index in [4.69, 9.17) is 9.47 Å². The first-order chi connectivity index (χ1) is 7.17. The first-order valence-electron chi connectivity index (χ1n) is 5.37. The van der Waals surface area contributed by atoms with Crippen LogP contribution in [-0.4, -0.2) is 21.4 Å². The Hall–Kier alpha value is -1.32. The molecule has 0 bridgehead atoms. The van der Waals surface area contributed by atoms with E-state index in [0.717, 1.165) is 0 Å². The summed E-state index contributed by atoms with van der Waals surface area (Å²) in [7, 11) is 0. The highest BCUT2D eigenvalue weighted by molar-refractivity contribution is 5.31. The van der Waals surface area contributed by atoms with E-state index < -0.39 is 0 Å². The molecule has 0 aliphatic carbocycles. The smallest absolute Gasteiger partial charge is 0.276 e. The van der Waals surface area contributed by atoms with Crippen LogP contribution in [0, 0.1) is 0 Å². The van der Waals surface area contributed by atoms with E-state index in [0.29, 0.717) is 11.6 Å². The topological polar surface area (TPSA) is 44.2 Å². The van der Waals surface area contributed by atoms with Crippen LogP contribution in [0.15, 0.2) is 12.3 Å². The van der Waals surface area contributed by atoms with Gasteiger partial charge in [0.2, 0.25) is 0 Å². The van der Waals surface area contributed by atoms with Crippen LogP contribution in [0.1, 0.15) is 41.5 Å². The van der Waals surface area contributed by atoms with Gasteiger partial charge in [-0.3, -0.25) is 0 Å². The summed E-state index contributed by atoms with van der Waals surface area (Å²) in [6, 6.07) is 1.76. The molecule has 0 N–H and O–H groups in total. The third-order valence-corrected chi connectivity index (χ3v) is 1.47. The molecule has 0 saturated carbocycles. The van der Waals surface area contributed by atoms with E-state index in [9.17, 15) is 0 Å². The van der Waals surface area contributed by atoms with Crippen LogP contribution in [-0.2, 0) is 0 Å². The second-order valence-corrected chi connectivity index (χ2v) is 5.63. The zero-order valence-corrected chi connectivity index (χ0v) is 10.9. The third-order valence-electron chi connectivity index (χ3n) is 1.47. The monoisotopic (exact) mass is 224 g/mol. The van der Waals surface area contributed by atoms with Gasteiger partial charge in [0.15, 0.2) is 5.75 Å². The van der Waals surface area contributed by atoms with E-state index in [2.05, 4.69) is 10.2 Å². The van der Waals surface area contributed by atoms with Crippen molar-refractivity contribution in [2.24, 2.45) is 0 Å². The second-order valence-electron chi connectivity index (χ2n) is 5.63. The maximum Gasteiger partial charge on any atom is 0.276 e. The Kier molecular flexibility index (Phi) is 3.41. The summed E-state index contributed by atoms with van der Waals surface area (Å²) < 4.78 is 11.4. The molecular weight excluding hydrogens is 204 g/mol. The summed E-state index contributed by atoms with van der Waals surface area (Å²) in [6.07, 6.45) is 1.59. The molecule has 90 valence electrons. The lowest BCUT2D eigenvalue weighted by Gasteiger charge is -2.25. The minimum atomic E-state index is -0.313. The molecule has 1 heterocycles. The molecule has 1 rings (SSSR count). The molecule has 0 spiro atoms. The number of ether oxygens (including phenoxy) is 2. The number of rotatable bonds is 2. The zero-order chi connectivity index (χ0) is 12.4. The van der Waals surface area contributed by atoms with Crippen molar-refractivity contribution in [3.05, 3.63) is 12.3 Å². The molecular formula is C12H20N2O2. The Balaban J connectivity index is 2.92. The van der Waals surface area contributed by atoms with E-state index in [1.165, 1.54) is 0 Å². The lowest BCUT2D eigenvalue weighted by atomic mass is 10.2. The fourth-order valence-corrected chi connectivity index (χ4v) is 1.08. The number of nitrogens with zero attached hydrogens (tertiary/aromatic N) is 2. The molecule has 0 unspecified atom stereocenters. The van der Waals surface area contributed by atoms with Crippen LogP contribution in [0.3, 0.4) is 0 Å². The standard InChI is InChI=1S/C12H20N2O2/c1-11(2,3)15-9-7-8-13-14-10(9)16-12(4,5)6/h7-8H,1-6H3. The van der Waals surface area contributed by atoms with Gasteiger partial charge in [-0.1, -0.05) is 0 Å². The van der Waals surface area contributed by atoms with Crippen molar-refractivity contribution in [3.63, 3.8) is 0 Å². The van der Waals surface area contributed by atoms with Crippen molar-refractivity contribution in [2.45, 2.75) is 52.7 Å². The Morgan fingerprint density at radius 2 is 1.50 bits per heavy atom. The summed E-state index contributed by atoms with van der Waals surface area (Å²) >= 11 is 0. The molecule has 16 heavy (non-hydrogen) atoms. The van der Waals surface area contributed by atoms with Crippen molar-refractivity contribution < 1.29 is 9.47 Å². The first kappa shape index (κ1) is 12.7. The van der Waals surface area contributed by atoms with Crippen LogP contribution in [0.2, 0.25) is 0 Å². The molecule has 4 nitrogen and oxygen atoms in total. The minimum absolute atomic E-state index is 0.279. The molecule has 1 aromatic rings. The van der Waals surface area contributed by atoms with Crippen molar-refractivity contribution in [2.75, 3.05) is 0 Å². The molecule has 1 aromatic heterocycles. The highest BCUT2D eigenvalue weighted by Crippen LogP contribution is 2.29. The molecule has 0 aliphatic heterocycles. The molecule has 0 amide bonds. The van der Waals surface area contributed by atoms with E-state index in [1.54, 1.807) is 12.3 Å². The normalized spacial score (nSPS) is 12.4. The van der Waals surface area contributed by atoms with Crippen LogP contribution in [0.5, 0.6) is 11.6 Å². The Bertz CT molecular complexity index is 316. The maximum atomic E-state index is 5.75. The Morgan fingerprint density at radius 3 is 2.00 bits per heavy atom. The average Bonchev–Trinajstić information content (AvgIpc) is 2.03. The lowest BCUT2D eigenvalue weighted by Crippen LogP contribution is -2.27. The van der Waals surface area contributed by atoms with E-state index in [1.807, 2.05) is 41.5 Å². The molecule has 4 heteroatoms. The van der Waals surface area contributed by atoms with Gasteiger partial charge < -0.3 is 9.47 Å². The summed E-state index contributed by atoms with van der Waals surface area (Å²) in [4.78, 5) is 0. The third kappa shape index (κ3) is 4.47. The van der Waals surface area contributed by atoms with Gasteiger partial charge in [-0.05, 0) is 41.5 Å². The first-order valence-corrected chi connectivity index (χ1v) is 5.37. The van der Waals surface area contributed by atoms with Gasteiger partial charge in [0, 0.05) is 6.07 Å². The molecule has 0 fully saturated rings.